The number of ether oxygens (including phenoxy) is 1. The number of benzene rings is 2. The van der Waals surface area contributed by atoms with Gasteiger partial charge in [0.05, 0.1) is 5.60 Å². The minimum absolute atomic E-state index is 0.0153. The first kappa shape index (κ1) is 21.8. The Kier molecular flexibility index (Phi) is 5.08. The highest BCUT2D eigenvalue weighted by atomic mass is 19.1. The van der Waals surface area contributed by atoms with Gasteiger partial charge in [-0.3, -0.25) is 0 Å². The summed E-state index contributed by atoms with van der Waals surface area (Å²) in [5.41, 5.74) is 3.43. The minimum atomic E-state index is -1.30. The second-order valence-electron chi connectivity index (χ2n) is 9.70. The number of piperidine rings is 1. The van der Waals surface area contributed by atoms with Crippen LogP contribution in [0, 0.1) is 17.1 Å². The molecule has 1 amide bonds. The first-order valence-corrected chi connectivity index (χ1v) is 11.9. The fourth-order valence-corrected chi connectivity index (χ4v) is 6.20. The van der Waals surface area contributed by atoms with Gasteiger partial charge in [-0.1, -0.05) is 48.5 Å². The van der Waals surface area contributed by atoms with Crippen molar-refractivity contribution in [2.45, 2.75) is 49.3 Å². The fourth-order valence-electron chi connectivity index (χ4n) is 6.20. The highest BCUT2D eigenvalue weighted by molar-refractivity contribution is 5.79. The number of rotatable bonds is 3. The molecule has 3 aliphatic rings. The van der Waals surface area contributed by atoms with Crippen LogP contribution in [0.4, 0.5) is 9.18 Å². The molecule has 1 aromatic heterocycles. The van der Waals surface area contributed by atoms with Crippen molar-refractivity contribution in [2.75, 3.05) is 6.61 Å². The smallest absolute Gasteiger partial charge is 0.410 e. The van der Waals surface area contributed by atoms with Gasteiger partial charge in [-0.2, -0.15) is 5.26 Å². The summed E-state index contributed by atoms with van der Waals surface area (Å²) >= 11 is 0. The Morgan fingerprint density at radius 1 is 1.11 bits per heavy atom. The molecule has 2 aliphatic heterocycles. The van der Waals surface area contributed by atoms with E-state index in [0.717, 1.165) is 24.0 Å². The van der Waals surface area contributed by atoms with Gasteiger partial charge in [0.25, 0.3) is 0 Å². The average molecular weight is 470 g/mol. The van der Waals surface area contributed by atoms with Crippen LogP contribution in [0.2, 0.25) is 0 Å². The maximum atomic E-state index is 14.2. The summed E-state index contributed by atoms with van der Waals surface area (Å²) in [6, 6.07) is 18.9. The van der Waals surface area contributed by atoms with Gasteiger partial charge in [0.1, 0.15) is 12.7 Å². The molecule has 176 valence electrons. The van der Waals surface area contributed by atoms with E-state index in [0.29, 0.717) is 5.56 Å². The van der Waals surface area contributed by atoms with Crippen LogP contribution in [0.1, 0.15) is 54.0 Å². The largest absolute Gasteiger partial charge is 0.448 e. The molecule has 6 nitrogen and oxygen atoms in total. The van der Waals surface area contributed by atoms with Gasteiger partial charge < -0.3 is 14.7 Å². The van der Waals surface area contributed by atoms with Crippen LogP contribution in [0.25, 0.3) is 11.1 Å². The molecule has 1 N–H and O–H groups in total. The summed E-state index contributed by atoms with van der Waals surface area (Å²) in [4.78, 5) is 18.8. The molecular formula is C28H24FN3O3. The molecule has 0 saturated carbocycles. The minimum Gasteiger partial charge on any atom is -0.448 e. The van der Waals surface area contributed by atoms with Gasteiger partial charge in [0.15, 0.2) is 11.5 Å². The third-order valence-electron chi connectivity index (χ3n) is 7.80. The Labute approximate surface area is 202 Å². The Bertz CT molecular complexity index is 1310. The topological polar surface area (TPSA) is 86.5 Å². The first-order chi connectivity index (χ1) is 17.0. The molecule has 2 bridgehead atoms. The second-order valence-corrected chi connectivity index (χ2v) is 9.70. The number of aliphatic hydroxyl groups is 1. The number of carbonyl (C=O) groups is 1. The van der Waals surface area contributed by atoms with Crippen LogP contribution >= 0.6 is 0 Å². The van der Waals surface area contributed by atoms with Crippen molar-refractivity contribution in [3.8, 4) is 17.2 Å². The van der Waals surface area contributed by atoms with Crippen LogP contribution in [0.15, 0.2) is 60.8 Å². The van der Waals surface area contributed by atoms with Crippen molar-refractivity contribution < 1.29 is 19.0 Å². The number of hydrogen-bond donors (Lipinski definition) is 1. The summed E-state index contributed by atoms with van der Waals surface area (Å²) in [6.45, 7) is 0.248. The monoisotopic (exact) mass is 469 g/mol. The van der Waals surface area contributed by atoms with E-state index in [9.17, 15) is 14.3 Å². The number of amides is 1. The van der Waals surface area contributed by atoms with Crippen molar-refractivity contribution in [3.63, 3.8) is 0 Å². The fraction of sp³-hybridized carbons (Fsp3) is 0.321. The van der Waals surface area contributed by atoms with Crippen molar-refractivity contribution in [3.05, 3.63) is 89.0 Å². The van der Waals surface area contributed by atoms with Crippen molar-refractivity contribution >= 4 is 6.09 Å². The summed E-state index contributed by atoms with van der Waals surface area (Å²) in [5.74, 6) is -0.761. The summed E-state index contributed by atoms with van der Waals surface area (Å²) in [6.07, 6.45) is 3.06. The van der Waals surface area contributed by atoms with Crippen LogP contribution in [-0.2, 0) is 10.3 Å². The third-order valence-corrected chi connectivity index (χ3v) is 7.80. The molecule has 3 aromatic rings. The van der Waals surface area contributed by atoms with Crippen molar-refractivity contribution in [1.29, 1.82) is 5.26 Å². The molecule has 6 rings (SSSR count). The average Bonchev–Trinajstić information content (AvgIpc) is 3.34. The third kappa shape index (κ3) is 3.48. The molecule has 7 heteroatoms. The highest BCUT2D eigenvalue weighted by Gasteiger charge is 2.51. The number of carbonyl (C=O) groups excluding carboxylic acids is 1. The lowest BCUT2D eigenvalue weighted by Gasteiger charge is -2.43. The Morgan fingerprint density at radius 2 is 1.71 bits per heavy atom. The van der Waals surface area contributed by atoms with Gasteiger partial charge >= 0.3 is 6.09 Å². The first-order valence-electron chi connectivity index (χ1n) is 11.9. The van der Waals surface area contributed by atoms with E-state index in [-0.39, 0.29) is 49.2 Å². The lowest BCUT2D eigenvalue weighted by atomic mass is 9.81. The molecule has 3 heterocycles. The zero-order valence-electron chi connectivity index (χ0n) is 19.0. The van der Waals surface area contributed by atoms with E-state index < -0.39 is 11.4 Å². The molecule has 2 atom stereocenters. The second kappa shape index (κ2) is 8.17. The van der Waals surface area contributed by atoms with E-state index in [1.54, 1.807) is 11.0 Å². The van der Waals surface area contributed by atoms with Crippen molar-refractivity contribution in [2.24, 2.45) is 0 Å². The molecule has 1 aliphatic carbocycles. The number of aromatic nitrogens is 1. The van der Waals surface area contributed by atoms with Crippen LogP contribution in [0.3, 0.4) is 0 Å². The summed E-state index contributed by atoms with van der Waals surface area (Å²) in [5, 5.41) is 20.3. The van der Waals surface area contributed by atoms with E-state index in [1.165, 1.54) is 23.4 Å². The van der Waals surface area contributed by atoms with Crippen LogP contribution in [0.5, 0.6) is 0 Å². The van der Waals surface area contributed by atoms with Gasteiger partial charge in [-0.15, -0.1) is 0 Å². The summed E-state index contributed by atoms with van der Waals surface area (Å²) in [7, 11) is 0. The van der Waals surface area contributed by atoms with Gasteiger partial charge in [0.2, 0.25) is 0 Å². The Morgan fingerprint density at radius 3 is 2.29 bits per heavy atom. The molecule has 2 saturated heterocycles. The number of hydrogen-bond acceptors (Lipinski definition) is 5. The van der Waals surface area contributed by atoms with Crippen LogP contribution < -0.4 is 0 Å². The normalized spacial score (nSPS) is 24.5. The predicted molar refractivity (Wildman–Crippen MR) is 126 cm³/mol. The maximum absolute atomic E-state index is 14.2. The molecule has 2 unspecified atom stereocenters. The SMILES string of the molecule is N#Cc1ncc(C2(O)CC3CCC(C2)N3C(=O)OCC2c3ccccc3-c3ccccc32)cc1F. The molecule has 2 fully saturated rings. The molecule has 0 radical (unpaired) electrons. The number of nitriles is 1. The highest BCUT2D eigenvalue weighted by Crippen LogP contribution is 2.47. The predicted octanol–water partition coefficient (Wildman–Crippen LogP) is 4.86. The quantitative estimate of drug-likeness (QED) is 0.592. The maximum Gasteiger partial charge on any atom is 0.410 e. The van der Waals surface area contributed by atoms with Crippen molar-refractivity contribution in [1.82, 2.24) is 9.88 Å². The molecule has 35 heavy (non-hydrogen) atoms. The van der Waals surface area contributed by atoms with E-state index in [4.69, 9.17) is 10.00 Å². The zero-order chi connectivity index (χ0) is 24.2. The Hall–Kier alpha value is -3.76. The number of pyridine rings is 1. The van der Waals surface area contributed by atoms with Gasteiger partial charge in [-0.05, 0) is 41.2 Å². The number of halogens is 1. The van der Waals surface area contributed by atoms with Gasteiger partial charge in [0, 0.05) is 42.6 Å². The van der Waals surface area contributed by atoms with Gasteiger partial charge in [-0.25, -0.2) is 14.2 Å². The summed E-state index contributed by atoms with van der Waals surface area (Å²) < 4.78 is 20.0. The number of nitrogens with zero attached hydrogens (tertiary/aromatic N) is 3. The zero-order valence-corrected chi connectivity index (χ0v) is 19.0. The molecule has 0 spiro atoms. The van der Waals surface area contributed by atoms with E-state index >= 15 is 0 Å². The van der Waals surface area contributed by atoms with E-state index in [1.807, 2.05) is 24.3 Å². The number of fused-ring (bicyclic) bond motifs is 5. The standard InChI is InChI=1S/C28H24FN3O3/c29-25-11-17(15-31-26(25)14-30)28(34)12-18-9-10-19(13-28)32(18)27(33)35-16-24-22-7-3-1-5-20(22)21-6-2-4-8-23(21)24/h1-8,11,15,18-19,24,34H,9-10,12-13,16H2. The lowest BCUT2D eigenvalue weighted by Crippen LogP contribution is -2.52. The Balaban J connectivity index is 1.18. The molecular weight excluding hydrogens is 445 g/mol. The molecule has 2 aromatic carbocycles. The van der Waals surface area contributed by atoms with E-state index in [2.05, 4.69) is 29.2 Å². The van der Waals surface area contributed by atoms with Crippen LogP contribution in [-0.4, -0.2) is 39.8 Å². The lowest BCUT2D eigenvalue weighted by molar-refractivity contribution is -0.0535.